The highest BCUT2D eigenvalue weighted by Crippen LogP contribution is 2.24. The number of carbonyl (C=O) groups excluding carboxylic acids is 1. The standard InChI is InChI=1S/C13H7ClF3NO2/c14-9-2-1-7(19)5-8(9)13(20)18-11-4-6(15)3-10(16)12(11)17/h1-5,19H,(H,18,20). The van der Waals surface area contributed by atoms with Gasteiger partial charge in [0.1, 0.15) is 11.6 Å². The number of hydrogen-bond acceptors (Lipinski definition) is 2. The molecule has 0 aliphatic carbocycles. The molecule has 1 amide bonds. The summed E-state index contributed by atoms with van der Waals surface area (Å²) in [6.07, 6.45) is 0. The number of halogens is 4. The molecule has 3 nitrogen and oxygen atoms in total. The number of phenolic OH excluding ortho intramolecular Hbond substituents is 1. The molecule has 0 radical (unpaired) electrons. The van der Waals surface area contributed by atoms with Crippen LogP contribution in [-0.2, 0) is 0 Å². The average Bonchev–Trinajstić information content (AvgIpc) is 2.38. The molecule has 0 aromatic heterocycles. The first-order chi connectivity index (χ1) is 9.38. The van der Waals surface area contributed by atoms with Gasteiger partial charge in [-0.1, -0.05) is 11.6 Å². The Labute approximate surface area is 116 Å². The highest BCUT2D eigenvalue weighted by Gasteiger charge is 2.16. The smallest absolute Gasteiger partial charge is 0.257 e. The summed E-state index contributed by atoms with van der Waals surface area (Å²) in [6, 6.07) is 4.54. The molecule has 0 spiro atoms. The van der Waals surface area contributed by atoms with Crippen LogP contribution in [0.1, 0.15) is 10.4 Å². The van der Waals surface area contributed by atoms with E-state index >= 15 is 0 Å². The third-order valence-electron chi connectivity index (χ3n) is 2.44. The predicted molar refractivity (Wildman–Crippen MR) is 67.4 cm³/mol. The molecule has 0 aliphatic heterocycles. The highest BCUT2D eigenvalue weighted by molar-refractivity contribution is 6.34. The number of benzene rings is 2. The molecule has 2 aromatic rings. The molecule has 0 bridgehead atoms. The van der Waals surface area contributed by atoms with Crippen molar-refractivity contribution in [3.8, 4) is 5.75 Å². The van der Waals surface area contributed by atoms with Gasteiger partial charge in [-0.15, -0.1) is 0 Å². The Bertz CT molecular complexity index is 692. The van der Waals surface area contributed by atoms with Crippen LogP contribution in [0.2, 0.25) is 5.02 Å². The SMILES string of the molecule is O=C(Nc1cc(F)cc(F)c1F)c1cc(O)ccc1Cl. The van der Waals surface area contributed by atoms with Crippen LogP contribution in [0.3, 0.4) is 0 Å². The van der Waals surface area contributed by atoms with Crippen molar-refractivity contribution in [1.82, 2.24) is 0 Å². The molecule has 2 N–H and O–H groups in total. The zero-order chi connectivity index (χ0) is 14.9. The Hall–Kier alpha value is -2.21. The molecule has 2 aromatic carbocycles. The number of nitrogens with one attached hydrogen (secondary N) is 1. The van der Waals surface area contributed by atoms with Crippen LogP contribution in [0, 0.1) is 17.5 Å². The molecule has 0 unspecified atom stereocenters. The maximum atomic E-state index is 13.4. The molecule has 0 aliphatic rings. The van der Waals surface area contributed by atoms with Crippen LogP contribution in [-0.4, -0.2) is 11.0 Å². The Balaban J connectivity index is 2.35. The van der Waals surface area contributed by atoms with Crippen LogP contribution in [0.25, 0.3) is 0 Å². The van der Waals surface area contributed by atoms with Crippen molar-refractivity contribution in [2.45, 2.75) is 0 Å². The summed E-state index contributed by atoms with van der Waals surface area (Å²) in [4.78, 5) is 11.8. The quantitative estimate of drug-likeness (QED) is 0.831. The molecule has 0 fully saturated rings. The normalized spacial score (nSPS) is 10.4. The summed E-state index contributed by atoms with van der Waals surface area (Å²) < 4.78 is 39.4. The van der Waals surface area contributed by atoms with Gasteiger partial charge in [0, 0.05) is 12.1 Å². The van der Waals surface area contributed by atoms with Crippen LogP contribution in [0.5, 0.6) is 5.75 Å². The van der Waals surface area contributed by atoms with Crippen molar-refractivity contribution < 1.29 is 23.1 Å². The van der Waals surface area contributed by atoms with Gasteiger partial charge in [0.2, 0.25) is 0 Å². The summed E-state index contributed by atoms with van der Waals surface area (Å²) in [5.74, 6) is -5.00. The first-order valence-corrected chi connectivity index (χ1v) is 5.70. The third kappa shape index (κ3) is 2.85. The molecule has 0 heterocycles. The van der Waals surface area contributed by atoms with Gasteiger partial charge in [0.25, 0.3) is 5.91 Å². The first kappa shape index (κ1) is 14.2. The van der Waals surface area contributed by atoms with Crippen molar-refractivity contribution >= 4 is 23.2 Å². The highest BCUT2D eigenvalue weighted by atomic mass is 35.5. The molecule has 0 saturated carbocycles. The van der Waals surface area contributed by atoms with E-state index in [4.69, 9.17) is 11.6 Å². The Kier molecular flexibility index (Phi) is 3.85. The molecule has 7 heteroatoms. The lowest BCUT2D eigenvalue weighted by molar-refractivity contribution is 0.102. The Morgan fingerprint density at radius 1 is 1.15 bits per heavy atom. The van der Waals surface area contributed by atoms with Gasteiger partial charge in [-0.05, 0) is 18.2 Å². The molecule has 104 valence electrons. The number of carbonyl (C=O) groups is 1. The fourth-order valence-electron chi connectivity index (χ4n) is 1.52. The fourth-order valence-corrected chi connectivity index (χ4v) is 1.73. The number of phenols is 1. The van der Waals surface area contributed by atoms with Gasteiger partial charge in [-0.3, -0.25) is 4.79 Å². The van der Waals surface area contributed by atoms with Crippen molar-refractivity contribution in [1.29, 1.82) is 0 Å². The maximum absolute atomic E-state index is 13.4. The lowest BCUT2D eigenvalue weighted by Crippen LogP contribution is -2.14. The topological polar surface area (TPSA) is 49.3 Å². The molecular formula is C13H7ClF3NO2. The molecule has 0 saturated heterocycles. The number of rotatable bonds is 2. The van der Waals surface area contributed by atoms with Gasteiger partial charge in [-0.25, -0.2) is 13.2 Å². The maximum Gasteiger partial charge on any atom is 0.257 e. The lowest BCUT2D eigenvalue weighted by atomic mass is 10.2. The minimum absolute atomic E-state index is 0.00224. The molecule has 20 heavy (non-hydrogen) atoms. The van der Waals surface area contributed by atoms with E-state index in [9.17, 15) is 23.1 Å². The van der Waals surface area contributed by atoms with Crippen LogP contribution < -0.4 is 5.32 Å². The second-order valence-electron chi connectivity index (χ2n) is 3.87. The molecular weight excluding hydrogens is 295 g/mol. The third-order valence-corrected chi connectivity index (χ3v) is 2.77. The lowest BCUT2D eigenvalue weighted by Gasteiger charge is -2.08. The fraction of sp³-hybridized carbons (Fsp3) is 0. The first-order valence-electron chi connectivity index (χ1n) is 5.33. The van der Waals surface area contributed by atoms with Crippen molar-refractivity contribution in [2.24, 2.45) is 0 Å². The summed E-state index contributed by atoms with van der Waals surface area (Å²) in [6.45, 7) is 0. The number of hydrogen-bond donors (Lipinski definition) is 2. The van der Waals surface area contributed by atoms with Crippen molar-refractivity contribution in [3.05, 3.63) is 58.4 Å². The van der Waals surface area contributed by atoms with E-state index in [0.717, 1.165) is 6.07 Å². The van der Waals surface area contributed by atoms with Gasteiger partial charge in [0.05, 0.1) is 16.3 Å². The zero-order valence-electron chi connectivity index (χ0n) is 9.75. The number of amides is 1. The summed E-state index contributed by atoms with van der Waals surface area (Å²) in [7, 11) is 0. The van der Waals surface area contributed by atoms with E-state index in [1.54, 1.807) is 0 Å². The number of anilines is 1. The monoisotopic (exact) mass is 301 g/mol. The van der Waals surface area contributed by atoms with E-state index < -0.39 is 29.0 Å². The molecule has 0 atom stereocenters. The minimum atomic E-state index is -1.43. The number of aromatic hydroxyl groups is 1. The van der Waals surface area contributed by atoms with E-state index in [1.165, 1.54) is 12.1 Å². The van der Waals surface area contributed by atoms with E-state index in [-0.39, 0.29) is 16.3 Å². The zero-order valence-corrected chi connectivity index (χ0v) is 10.5. The Morgan fingerprint density at radius 3 is 2.55 bits per heavy atom. The van der Waals surface area contributed by atoms with Crippen LogP contribution >= 0.6 is 11.6 Å². The van der Waals surface area contributed by atoms with Gasteiger partial charge >= 0.3 is 0 Å². The summed E-state index contributed by atoms with van der Waals surface area (Å²) in [5.41, 5.74) is -0.817. The van der Waals surface area contributed by atoms with E-state index in [0.29, 0.717) is 12.1 Å². The second-order valence-corrected chi connectivity index (χ2v) is 4.27. The van der Waals surface area contributed by atoms with Crippen molar-refractivity contribution in [2.75, 3.05) is 5.32 Å². The average molecular weight is 302 g/mol. The van der Waals surface area contributed by atoms with Crippen molar-refractivity contribution in [3.63, 3.8) is 0 Å². The minimum Gasteiger partial charge on any atom is -0.508 e. The van der Waals surface area contributed by atoms with Gasteiger partial charge in [-0.2, -0.15) is 0 Å². The summed E-state index contributed by atoms with van der Waals surface area (Å²) >= 11 is 5.75. The second kappa shape index (κ2) is 5.42. The van der Waals surface area contributed by atoms with Crippen LogP contribution in [0.4, 0.5) is 18.9 Å². The molecule has 2 rings (SSSR count). The van der Waals surface area contributed by atoms with E-state index in [2.05, 4.69) is 0 Å². The summed E-state index contributed by atoms with van der Waals surface area (Å²) in [5, 5.41) is 11.2. The van der Waals surface area contributed by atoms with Gasteiger partial charge < -0.3 is 10.4 Å². The van der Waals surface area contributed by atoms with E-state index in [1.807, 2.05) is 5.32 Å². The predicted octanol–water partition coefficient (Wildman–Crippen LogP) is 3.72. The largest absolute Gasteiger partial charge is 0.508 e. The van der Waals surface area contributed by atoms with Crippen LogP contribution in [0.15, 0.2) is 30.3 Å². The Morgan fingerprint density at radius 2 is 1.85 bits per heavy atom. The van der Waals surface area contributed by atoms with Gasteiger partial charge in [0.15, 0.2) is 11.6 Å².